The van der Waals surface area contributed by atoms with E-state index in [-0.39, 0.29) is 17.1 Å². The van der Waals surface area contributed by atoms with Crippen molar-refractivity contribution in [2.75, 3.05) is 0 Å². The Kier molecular flexibility index (Phi) is 3.80. The van der Waals surface area contributed by atoms with Crippen LogP contribution < -0.4 is 10.5 Å². The first-order valence-corrected chi connectivity index (χ1v) is 5.99. The van der Waals surface area contributed by atoms with Crippen LogP contribution >= 0.6 is 15.9 Å². The van der Waals surface area contributed by atoms with Gasteiger partial charge in [-0.15, -0.1) is 0 Å². The number of primary amides is 1. The SMILES string of the molecule is NC(=O)c1ccc(Oc2cc(F)ccc2Br)c(F)c1. The third-order valence-corrected chi connectivity index (χ3v) is 2.98. The van der Waals surface area contributed by atoms with E-state index in [1.54, 1.807) is 0 Å². The number of carbonyl (C=O) groups is 1. The molecule has 0 spiro atoms. The Morgan fingerprint density at radius 2 is 1.84 bits per heavy atom. The summed E-state index contributed by atoms with van der Waals surface area (Å²) in [6, 6.07) is 7.35. The van der Waals surface area contributed by atoms with E-state index in [1.165, 1.54) is 24.3 Å². The molecule has 2 N–H and O–H groups in total. The number of amides is 1. The molecule has 0 aliphatic heterocycles. The van der Waals surface area contributed by atoms with Gasteiger partial charge in [-0.25, -0.2) is 8.78 Å². The van der Waals surface area contributed by atoms with Gasteiger partial charge in [0, 0.05) is 11.6 Å². The highest BCUT2D eigenvalue weighted by Gasteiger charge is 2.11. The van der Waals surface area contributed by atoms with Crippen LogP contribution in [0.1, 0.15) is 10.4 Å². The van der Waals surface area contributed by atoms with Gasteiger partial charge < -0.3 is 10.5 Å². The fourth-order valence-corrected chi connectivity index (χ4v) is 1.74. The van der Waals surface area contributed by atoms with E-state index >= 15 is 0 Å². The molecule has 0 bridgehead atoms. The number of nitrogens with two attached hydrogens (primary N) is 1. The number of ether oxygens (including phenoxy) is 1. The van der Waals surface area contributed by atoms with E-state index in [0.717, 1.165) is 12.1 Å². The Hall–Kier alpha value is -1.95. The molecule has 2 aromatic carbocycles. The monoisotopic (exact) mass is 327 g/mol. The van der Waals surface area contributed by atoms with Crippen LogP contribution in [-0.4, -0.2) is 5.91 Å². The molecule has 19 heavy (non-hydrogen) atoms. The average Bonchev–Trinajstić information content (AvgIpc) is 2.36. The summed E-state index contributed by atoms with van der Waals surface area (Å²) in [4.78, 5) is 10.9. The minimum Gasteiger partial charge on any atom is -0.453 e. The molecular formula is C13H8BrF2NO2. The molecule has 0 saturated carbocycles. The van der Waals surface area contributed by atoms with Crippen LogP contribution in [0.25, 0.3) is 0 Å². The number of hydrogen-bond donors (Lipinski definition) is 1. The fourth-order valence-electron chi connectivity index (χ4n) is 1.41. The lowest BCUT2D eigenvalue weighted by Gasteiger charge is -2.09. The molecule has 3 nitrogen and oxygen atoms in total. The Morgan fingerprint density at radius 3 is 2.47 bits per heavy atom. The van der Waals surface area contributed by atoms with Gasteiger partial charge in [0.2, 0.25) is 5.91 Å². The molecule has 0 saturated heterocycles. The normalized spacial score (nSPS) is 10.3. The van der Waals surface area contributed by atoms with Crippen molar-refractivity contribution in [3.8, 4) is 11.5 Å². The standard InChI is InChI=1S/C13H8BrF2NO2/c14-9-3-2-8(15)6-12(9)19-11-4-1-7(13(17)18)5-10(11)16/h1-6H,(H2,17,18). The van der Waals surface area contributed by atoms with E-state index < -0.39 is 17.5 Å². The summed E-state index contributed by atoms with van der Waals surface area (Å²) in [5.41, 5.74) is 5.06. The van der Waals surface area contributed by atoms with Gasteiger partial charge in [0.15, 0.2) is 11.6 Å². The van der Waals surface area contributed by atoms with E-state index in [2.05, 4.69) is 15.9 Å². The van der Waals surface area contributed by atoms with Crippen LogP contribution in [0.5, 0.6) is 11.5 Å². The quantitative estimate of drug-likeness (QED) is 0.936. The van der Waals surface area contributed by atoms with Crippen LogP contribution in [0.15, 0.2) is 40.9 Å². The van der Waals surface area contributed by atoms with E-state index in [4.69, 9.17) is 10.5 Å². The number of carbonyl (C=O) groups excluding carboxylic acids is 1. The summed E-state index contributed by atoms with van der Waals surface area (Å²) in [5.74, 6) is -2.00. The van der Waals surface area contributed by atoms with Crippen molar-refractivity contribution < 1.29 is 18.3 Å². The minimum absolute atomic E-state index is 0.0307. The predicted molar refractivity (Wildman–Crippen MR) is 69.1 cm³/mol. The molecule has 0 heterocycles. The lowest BCUT2D eigenvalue weighted by atomic mass is 10.2. The maximum Gasteiger partial charge on any atom is 0.248 e. The van der Waals surface area contributed by atoms with Crippen LogP contribution in [0, 0.1) is 11.6 Å². The molecule has 1 amide bonds. The van der Waals surface area contributed by atoms with Crippen molar-refractivity contribution in [1.29, 1.82) is 0 Å². The summed E-state index contributed by atoms with van der Waals surface area (Å²) >= 11 is 3.16. The molecule has 2 aromatic rings. The molecule has 0 atom stereocenters. The van der Waals surface area contributed by atoms with Gasteiger partial charge in [-0.05, 0) is 46.3 Å². The number of rotatable bonds is 3. The highest BCUT2D eigenvalue weighted by molar-refractivity contribution is 9.10. The van der Waals surface area contributed by atoms with Crippen molar-refractivity contribution in [3.63, 3.8) is 0 Å². The second-order valence-electron chi connectivity index (χ2n) is 3.69. The zero-order valence-corrected chi connectivity index (χ0v) is 11.1. The first-order valence-electron chi connectivity index (χ1n) is 5.19. The summed E-state index contributed by atoms with van der Waals surface area (Å²) < 4.78 is 32.5. The molecule has 0 aromatic heterocycles. The zero-order chi connectivity index (χ0) is 14.0. The second kappa shape index (κ2) is 5.36. The molecule has 0 radical (unpaired) electrons. The zero-order valence-electron chi connectivity index (χ0n) is 9.49. The van der Waals surface area contributed by atoms with Crippen LogP contribution in [-0.2, 0) is 0 Å². The number of benzene rings is 2. The Bertz CT molecular complexity index is 647. The third kappa shape index (κ3) is 3.08. The average molecular weight is 328 g/mol. The van der Waals surface area contributed by atoms with Gasteiger partial charge in [-0.1, -0.05) is 0 Å². The maximum absolute atomic E-state index is 13.7. The summed E-state index contributed by atoms with van der Waals surface area (Å²) in [5, 5.41) is 0. The predicted octanol–water partition coefficient (Wildman–Crippen LogP) is 3.62. The molecule has 98 valence electrons. The van der Waals surface area contributed by atoms with Crippen molar-refractivity contribution in [2.24, 2.45) is 5.73 Å². The third-order valence-electron chi connectivity index (χ3n) is 2.33. The van der Waals surface area contributed by atoms with Gasteiger partial charge in [0.05, 0.1) is 4.47 Å². The second-order valence-corrected chi connectivity index (χ2v) is 4.54. The van der Waals surface area contributed by atoms with E-state index in [1.807, 2.05) is 0 Å². The summed E-state index contributed by atoms with van der Waals surface area (Å²) in [7, 11) is 0. The Labute approximate surface area is 116 Å². The van der Waals surface area contributed by atoms with Crippen molar-refractivity contribution >= 4 is 21.8 Å². The first kappa shape index (κ1) is 13.5. The maximum atomic E-state index is 13.7. The highest BCUT2D eigenvalue weighted by Crippen LogP contribution is 2.31. The van der Waals surface area contributed by atoms with Gasteiger partial charge in [-0.3, -0.25) is 4.79 Å². The van der Waals surface area contributed by atoms with Crippen molar-refractivity contribution in [3.05, 3.63) is 58.1 Å². The van der Waals surface area contributed by atoms with Crippen molar-refractivity contribution in [2.45, 2.75) is 0 Å². The molecule has 0 fully saturated rings. The van der Waals surface area contributed by atoms with Gasteiger partial charge >= 0.3 is 0 Å². The Morgan fingerprint density at radius 1 is 1.11 bits per heavy atom. The molecule has 6 heteroatoms. The topological polar surface area (TPSA) is 52.3 Å². The van der Waals surface area contributed by atoms with Crippen molar-refractivity contribution in [1.82, 2.24) is 0 Å². The van der Waals surface area contributed by atoms with Gasteiger partial charge in [0.25, 0.3) is 0 Å². The fraction of sp³-hybridized carbons (Fsp3) is 0. The molecule has 0 aliphatic rings. The smallest absolute Gasteiger partial charge is 0.248 e. The largest absolute Gasteiger partial charge is 0.453 e. The van der Waals surface area contributed by atoms with Crippen LogP contribution in [0.4, 0.5) is 8.78 Å². The number of hydrogen-bond acceptors (Lipinski definition) is 2. The summed E-state index contributed by atoms with van der Waals surface area (Å²) in [6.45, 7) is 0. The van der Waals surface area contributed by atoms with Gasteiger partial charge in [-0.2, -0.15) is 0 Å². The Balaban J connectivity index is 2.33. The molecule has 0 aliphatic carbocycles. The summed E-state index contributed by atoms with van der Waals surface area (Å²) in [6.07, 6.45) is 0. The van der Waals surface area contributed by atoms with Crippen LogP contribution in [0.2, 0.25) is 0 Å². The molecular weight excluding hydrogens is 320 g/mol. The number of halogens is 3. The lowest BCUT2D eigenvalue weighted by Crippen LogP contribution is -2.11. The molecule has 0 unspecified atom stereocenters. The van der Waals surface area contributed by atoms with E-state index in [9.17, 15) is 13.6 Å². The van der Waals surface area contributed by atoms with Crippen LogP contribution in [0.3, 0.4) is 0 Å². The highest BCUT2D eigenvalue weighted by atomic mass is 79.9. The first-order chi connectivity index (χ1) is 8.97. The van der Waals surface area contributed by atoms with Gasteiger partial charge in [0.1, 0.15) is 11.6 Å². The molecule has 2 rings (SSSR count). The van der Waals surface area contributed by atoms with E-state index in [0.29, 0.717) is 4.47 Å². The minimum atomic E-state index is -0.757. The lowest BCUT2D eigenvalue weighted by molar-refractivity contribution is 0.1000.